The van der Waals surface area contributed by atoms with Gasteiger partial charge in [-0.15, -0.1) is 0 Å². The van der Waals surface area contributed by atoms with Crippen LogP contribution in [-0.2, 0) is 4.74 Å². The van der Waals surface area contributed by atoms with E-state index in [1.54, 1.807) is 6.92 Å². The zero-order chi connectivity index (χ0) is 21.8. The van der Waals surface area contributed by atoms with Gasteiger partial charge in [0.25, 0.3) is 0 Å². The first-order valence-corrected chi connectivity index (χ1v) is 10.2. The second-order valence-electron chi connectivity index (χ2n) is 8.56. The lowest BCUT2D eigenvalue weighted by Gasteiger charge is -2.29. The van der Waals surface area contributed by atoms with Gasteiger partial charge in [-0.3, -0.25) is 0 Å². The summed E-state index contributed by atoms with van der Waals surface area (Å²) in [7, 11) is 0. The molecule has 1 unspecified atom stereocenters. The summed E-state index contributed by atoms with van der Waals surface area (Å²) in [5.41, 5.74) is 5.87. The fraction of sp³-hybridized carbons (Fsp3) is 0.550. The van der Waals surface area contributed by atoms with Gasteiger partial charge < -0.3 is 30.1 Å². The Balaban J connectivity index is 1.55. The van der Waals surface area contributed by atoms with Crippen LogP contribution in [0.15, 0.2) is 18.3 Å². The summed E-state index contributed by atoms with van der Waals surface area (Å²) in [6, 6.07) is 3.46. The normalized spacial score (nSPS) is 27.5. The minimum Gasteiger partial charge on any atom is -0.431 e. The predicted molar refractivity (Wildman–Crippen MR) is 109 cm³/mol. The largest absolute Gasteiger partial charge is 0.431 e. The van der Waals surface area contributed by atoms with Gasteiger partial charge in [0, 0.05) is 37.5 Å². The molecule has 3 aliphatic rings. The SMILES string of the molecule is CC1(O)CCN(c2nc(-c3cnc(N)c(OC(F)F)c3)cc(N3C[C@@H]4C[C@H]3CO4)n2)C1. The molecule has 2 aromatic heterocycles. The van der Waals surface area contributed by atoms with Crippen LogP contribution in [0.25, 0.3) is 11.3 Å². The van der Waals surface area contributed by atoms with Gasteiger partial charge in [0.1, 0.15) is 5.82 Å². The number of hydrogen-bond donors (Lipinski definition) is 2. The van der Waals surface area contributed by atoms with E-state index in [1.807, 2.05) is 11.0 Å². The second-order valence-corrected chi connectivity index (χ2v) is 8.56. The third-order valence-electron chi connectivity index (χ3n) is 6.02. The van der Waals surface area contributed by atoms with Crippen molar-refractivity contribution >= 4 is 17.6 Å². The van der Waals surface area contributed by atoms with Gasteiger partial charge in [-0.05, 0) is 25.8 Å². The summed E-state index contributed by atoms with van der Waals surface area (Å²) in [5.74, 6) is 0.882. The van der Waals surface area contributed by atoms with Gasteiger partial charge in [-0.1, -0.05) is 0 Å². The molecule has 2 aromatic rings. The molecule has 9 nitrogen and oxygen atoms in total. The quantitative estimate of drug-likeness (QED) is 0.726. The van der Waals surface area contributed by atoms with Crippen LogP contribution in [-0.4, -0.2) is 70.7 Å². The fourth-order valence-corrected chi connectivity index (χ4v) is 4.44. The van der Waals surface area contributed by atoms with Gasteiger partial charge >= 0.3 is 6.61 Å². The van der Waals surface area contributed by atoms with E-state index < -0.39 is 12.2 Å². The van der Waals surface area contributed by atoms with Gasteiger partial charge in [0.15, 0.2) is 11.6 Å². The van der Waals surface area contributed by atoms with Crippen molar-refractivity contribution in [3.63, 3.8) is 0 Å². The number of nitrogens with two attached hydrogens (primary N) is 1. The fourth-order valence-electron chi connectivity index (χ4n) is 4.44. The van der Waals surface area contributed by atoms with Crippen LogP contribution in [0.4, 0.5) is 26.4 Å². The van der Waals surface area contributed by atoms with Gasteiger partial charge in [-0.25, -0.2) is 9.97 Å². The Hall–Kier alpha value is -2.79. The van der Waals surface area contributed by atoms with E-state index in [-0.39, 0.29) is 23.7 Å². The maximum Gasteiger partial charge on any atom is 0.387 e. The highest BCUT2D eigenvalue weighted by Crippen LogP contribution is 2.36. The van der Waals surface area contributed by atoms with Crippen molar-refractivity contribution in [1.29, 1.82) is 0 Å². The van der Waals surface area contributed by atoms with E-state index in [4.69, 9.17) is 15.5 Å². The first-order chi connectivity index (χ1) is 14.8. The molecule has 0 radical (unpaired) electrons. The number of aliphatic hydroxyl groups is 1. The summed E-state index contributed by atoms with van der Waals surface area (Å²) in [6.45, 7) is 1.18. The molecule has 3 atom stereocenters. The molecule has 166 valence electrons. The molecule has 3 saturated heterocycles. The number of rotatable bonds is 5. The van der Waals surface area contributed by atoms with E-state index >= 15 is 0 Å². The topological polar surface area (TPSA) is 110 Å². The molecule has 0 aromatic carbocycles. The number of nitrogen functional groups attached to an aromatic ring is 1. The number of alkyl halides is 2. The number of aromatic nitrogens is 3. The standard InChI is InChI=1S/C20H24F2N6O3/c1-20(29)2-3-27(10-20)19-25-14(11-4-15(31-18(21)22)17(23)24-7-11)6-16(26-19)28-8-13-5-12(28)9-30-13/h4,6-7,12-13,18,29H,2-3,5,8-10H2,1H3,(H2,23,24)/t12-,13-,20?/m0/s1. The van der Waals surface area contributed by atoms with E-state index in [0.29, 0.717) is 43.3 Å². The van der Waals surface area contributed by atoms with Crippen molar-refractivity contribution in [1.82, 2.24) is 15.0 Å². The van der Waals surface area contributed by atoms with Gasteiger partial charge in [0.05, 0.1) is 30.0 Å². The lowest BCUT2D eigenvalue weighted by Crippen LogP contribution is -2.38. The lowest BCUT2D eigenvalue weighted by molar-refractivity contribution is -0.0494. The summed E-state index contributed by atoms with van der Waals surface area (Å²) >= 11 is 0. The van der Waals surface area contributed by atoms with Gasteiger partial charge in [-0.2, -0.15) is 13.8 Å². The summed E-state index contributed by atoms with van der Waals surface area (Å²) in [4.78, 5) is 17.5. The Morgan fingerprint density at radius 3 is 2.84 bits per heavy atom. The van der Waals surface area contributed by atoms with E-state index in [0.717, 1.165) is 18.8 Å². The number of β-amino-alcohol motifs (C(OH)–C–C–N with tert-alkyl or cyclic N) is 1. The summed E-state index contributed by atoms with van der Waals surface area (Å²) in [6.07, 6.45) is 3.21. The molecule has 0 spiro atoms. The zero-order valence-corrected chi connectivity index (χ0v) is 17.0. The molecular weight excluding hydrogens is 410 g/mol. The number of nitrogens with zero attached hydrogens (tertiary/aromatic N) is 5. The molecule has 3 N–H and O–H groups in total. The van der Waals surface area contributed by atoms with Crippen LogP contribution < -0.4 is 20.3 Å². The first-order valence-electron chi connectivity index (χ1n) is 10.2. The number of pyridine rings is 1. The molecule has 11 heteroatoms. The van der Waals surface area contributed by atoms with Crippen molar-refractivity contribution < 1.29 is 23.4 Å². The van der Waals surface area contributed by atoms with Crippen molar-refractivity contribution in [3.8, 4) is 17.0 Å². The molecule has 5 heterocycles. The molecule has 3 fully saturated rings. The highest BCUT2D eigenvalue weighted by atomic mass is 19.3. The Bertz CT molecular complexity index is 991. The average Bonchev–Trinajstić information content (AvgIpc) is 3.44. The Morgan fingerprint density at radius 1 is 1.35 bits per heavy atom. The molecule has 2 bridgehead atoms. The highest BCUT2D eigenvalue weighted by Gasteiger charge is 2.40. The number of halogens is 2. The molecule has 3 aliphatic heterocycles. The van der Waals surface area contributed by atoms with Crippen LogP contribution in [0.5, 0.6) is 5.75 Å². The van der Waals surface area contributed by atoms with Crippen molar-refractivity contribution in [2.45, 2.75) is 44.1 Å². The number of ether oxygens (including phenoxy) is 2. The van der Waals surface area contributed by atoms with Crippen molar-refractivity contribution in [2.75, 3.05) is 41.8 Å². The monoisotopic (exact) mass is 434 g/mol. The van der Waals surface area contributed by atoms with E-state index in [1.165, 1.54) is 12.3 Å². The van der Waals surface area contributed by atoms with Gasteiger partial charge in [0.2, 0.25) is 5.95 Å². The van der Waals surface area contributed by atoms with Crippen LogP contribution in [0.1, 0.15) is 19.8 Å². The van der Waals surface area contributed by atoms with Crippen LogP contribution in [0.2, 0.25) is 0 Å². The highest BCUT2D eigenvalue weighted by molar-refractivity contribution is 5.68. The molecule has 0 saturated carbocycles. The maximum atomic E-state index is 12.8. The van der Waals surface area contributed by atoms with E-state index in [2.05, 4.69) is 19.6 Å². The number of fused-ring (bicyclic) bond motifs is 2. The van der Waals surface area contributed by atoms with E-state index in [9.17, 15) is 13.9 Å². The van der Waals surface area contributed by atoms with Crippen molar-refractivity contribution in [2.24, 2.45) is 0 Å². The molecule has 0 amide bonds. The number of hydrogen-bond acceptors (Lipinski definition) is 9. The molecule has 31 heavy (non-hydrogen) atoms. The third kappa shape index (κ3) is 3.94. The predicted octanol–water partition coefficient (Wildman–Crippen LogP) is 1.66. The Kier molecular flexibility index (Phi) is 4.82. The number of anilines is 3. The smallest absolute Gasteiger partial charge is 0.387 e. The first kappa shape index (κ1) is 20.1. The maximum absolute atomic E-state index is 12.8. The molecule has 0 aliphatic carbocycles. The summed E-state index contributed by atoms with van der Waals surface area (Å²) in [5, 5.41) is 10.4. The minimum absolute atomic E-state index is 0.122. The molecule has 5 rings (SSSR count). The lowest BCUT2D eigenvalue weighted by atomic mass is 10.1. The minimum atomic E-state index is -3.01. The Morgan fingerprint density at radius 2 is 2.19 bits per heavy atom. The van der Waals surface area contributed by atoms with Crippen molar-refractivity contribution in [3.05, 3.63) is 18.3 Å². The summed E-state index contributed by atoms with van der Waals surface area (Å²) < 4.78 is 35.7. The Labute approximate surface area is 177 Å². The zero-order valence-electron chi connectivity index (χ0n) is 17.0. The second kappa shape index (κ2) is 7.41. The third-order valence-corrected chi connectivity index (χ3v) is 6.02. The number of morpholine rings is 1. The average molecular weight is 434 g/mol. The van der Waals surface area contributed by atoms with Crippen LogP contribution in [0.3, 0.4) is 0 Å². The van der Waals surface area contributed by atoms with Crippen LogP contribution >= 0.6 is 0 Å². The molecular formula is C20H24F2N6O3. The van der Waals surface area contributed by atoms with Crippen LogP contribution in [0, 0.1) is 0 Å².